The van der Waals surface area contributed by atoms with Crippen molar-refractivity contribution in [3.8, 4) is 0 Å². The maximum atomic E-state index is 12.4. The Labute approximate surface area is 117 Å². The molecule has 5 heteroatoms. The molecule has 0 saturated heterocycles. The van der Waals surface area contributed by atoms with Crippen LogP contribution in [0.25, 0.3) is 0 Å². The molecular weight excluding hydrogens is 271 g/mol. The van der Waals surface area contributed by atoms with Crippen molar-refractivity contribution in [3.05, 3.63) is 29.0 Å². The van der Waals surface area contributed by atoms with Gasteiger partial charge in [-0.3, -0.25) is 9.78 Å². The first kappa shape index (κ1) is 13.6. The van der Waals surface area contributed by atoms with Crippen molar-refractivity contribution >= 4 is 29.1 Å². The smallest absolute Gasteiger partial charge is 0.255 e. The lowest BCUT2D eigenvalue weighted by Gasteiger charge is -2.35. The Bertz CT molecular complexity index is 439. The molecule has 2 rings (SSSR count). The molecule has 0 bridgehead atoms. The lowest BCUT2D eigenvalue weighted by Crippen LogP contribution is -2.44. The van der Waals surface area contributed by atoms with Gasteiger partial charge in [0.05, 0.1) is 16.0 Å². The van der Waals surface area contributed by atoms with Crippen LogP contribution in [0, 0.1) is 0 Å². The fraction of sp³-hybridized carbons (Fsp3) is 0.538. The normalized spacial score (nSPS) is 23.7. The molecule has 18 heavy (non-hydrogen) atoms. The average molecular weight is 287 g/mol. The number of aromatic nitrogens is 1. The summed E-state index contributed by atoms with van der Waals surface area (Å²) in [5.41, 5.74) is 0.489. The summed E-state index contributed by atoms with van der Waals surface area (Å²) in [6.07, 6.45) is 7.25. The molecule has 3 nitrogen and oxygen atoms in total. The van der Waals surface area contributed by atoms with Crippen molar-refractivity contribution in [1.29, 1.82) is 0 Å². The van der Waals surface area contributed by atoms with Gasteiger partial charge in [-0.05, 0) is 18.9 Å². The summed E-state index contributed by atoms with van der Waals surface area (Å²) in [5, 5.41) is 0.421. The van der Waals surface area contributed by atoms with E-state index in [9.17, 15) is 4.79 Å². The lowest BCUT2D eigenvalue weighted by atomic mass is 9.93. The molecule has 98 valence electrons. The van der Waals surface area contributed by atoms with Gasteiger partial charge in [0, 0.05) is 25.5 Å². The molecule has 2 atom stereocenters. The van der Waals surface area contributed by atoms with Crippen LogP contribution in [-0.4, -0.2) is 34.3 Å². The number of hydrogen-bond acceptors (Lipinski definition) is 2. The van der Waals surface area contributed by atoms with Crippen LogP contribution in [0.1, 0.15) is 36.0 Å². The molecule has 0 N–H and O–H groups in total. The van der Waals surface area contributed by atoms with Crippen LogP contribution in [0.5, 0.6) is 0 Å². The molecular formula is C13H16Cl2N2O. The monoisotopic (exact) mass is 286 g/mol. The molecule has 0 aliphatic heterocycles. The van der Waals surface area contributed by atoms with Gasteiger partial charge in [-0.1, -0.05) is 24.4 Å². The van der Waals surface area contributed by atoms with Gasteiger partial charge < -0.3 is 4.90 Å². The highest BCUT2D eigenvalue weighted by atomic mass is 35.5. The SMILES string of the molecule is CN(C(=O)c1ccncc1Cl)C1CCCCC1Cl. The van der Waals surface area contributed by atoms with E-state index in [0.29, 0.717) is 10.6 Å². The lowest BCUT2D eigenvalue weighted by molar-refractivity contribution is 0.0700. The highest BCUT2D eigenvalue weighted by Crippen LogP contribution is 2.28. The molecule has 0 radical (unpaired) electrons. The maximum absolute atomic E-state index is 12.4. The van der Waals surface area contributed by atoms with E-state index in [-0.39, 0.29) is 17.3 Å². The van der Waals surface area contributed by atoms with Crippen molar-refractivity contribution in [1.82, 2.24) is 9.88 Å². The van der Waals surface area contributed by atoms with Crippen molar-refractivity contribution in [2.24, 2.45) is 0 Å². The predicted molar refractivity (Wildman–Crippen MR) is 73.2 cm³/mol. The number of pyridine rings is 1. The molecule has 1 heterocycles. The molecule has 1 aromatic heterocycles. The van der Waals surface area contributed by atoms with Crippen LogP contribution >= 0.6 is 23.2 Å². The van der Waals surface area contributed by atoms with Gasteiger partial charge in [0.1, 0.15) is 0 Å². The van der Waals surface area contributed by atoms with Crippen LogP contribution in [0.4, 0.5) is 0 Å². The van der Waals surface area contributed by atoms with Gasteiger partial charge in [0.15, 0.2) is 0 Å². The highest BCUT2D eigenvalue weighted by Gasteiger charge is 2.30. The van der Waals surface area contributed by atoms with Crippen LogP contribution in [0.2, 0.25) is 5.02 Å². The van der Waals surface area contributed by atoms with Gasteiger partial charge >= 0.3 is 0 Å². The largest absolute Gasteiger partial charge is 0.337 e. The van der Waals surface area contributed by atoms with E-state index in [1.165, 1.54) is 6.20 Å². The van der Waals surface area contributed by atoms with Crippen molar-refractivity contribution in [2.45, 2.75) is 37.1 Å². The zero-order valence-corrected chi connectivity index (χ0v) is 11.8. The number of halogens is 2. The van der Waals surface area contributed by atoms with E-state index in [0.717, 1.165) is 25.7 Å². The Morgan fingerprint density at radius 3 is 2.83 bits per heavy atom. The molecule has 0 aromatic carbocycles. The minimum atomic E-state index is -0.0834. The summed E-state index contributed by atoms with van der Waals surface area (Å²) in [7, 11) is 1.80. The summed E-state index contributed by atoms with van der Waals surface area (Å²) in [5.74, 6) is -0.0834. The van der Waals surface area contributed by atoms with E-state index in [2.05, 4.69) is 4.98 Å². The Morgan fingerprint density at radius 1 is 1.44 bits per heavy atom. The maximum Gasteiger partial charge on any atom is 0.255 e. The minimum absolute atomic E-state index is 0.0355. The van der Waals surface area contributed by atoms with Crippen LogP contribution < -0.4 is 0 Å². The third-order valence-corrected chi connectivity index (χ3v) is 4.28. The van der Waals surface area contributed by atoms with E-state index in [4.69, 9.17) is 23.2 Å². The minimum Gasteiger partial charge on any atom is -0.337 e. The fourth-order valence-corrected chi connectivity index (χ4v) is 3.04. The first-order valence-corrected chi connectivity index (χ1v) is 6.93. The highest BCUT2D eigenvalue weighted by molar-refractivity contribution is 6.33. The number of hydrogen-bond donors (Lipinski definition) is 0. The third-order valence-electron chi connectivity index (χ3n) is 3.47. The predicted octanol–water partition coefficient (Wildman–Crippen LogP) is 3.36. The second-order valence-corrected chi connectivity index (χ2v) is 5.61. The topological polar surface area (TPSA) is 33.2 Å². The first-order valence-electron chi connectivity index (χ1n) is 6.12. The van der Waals surface area contributed by atoms with Crippen LogP contribution in [0.3, 0.4) is 0 Å². The first-order chi connectivity index (χ1) is 8.61. The molecule has 1 aliphatic carbocycles. The van der Waals surface area contributed by atoms with Crippen LogP contribution in [-0.2, 0) is 0 Å². The van der Waals surface area contributed by atoms with E-state index in [1.807, 2.05) is 0 Å². The molecule has 0 spiro atoms. The standard InChI is InChI=1S/C13H16Cl2N2O/c1-17(12-5-3-2-4-10(12)14)13(18)9-6-7-16-8-11(9)15/h6-8,10,12H,2-5H2,1H3. The summed E-state index contributed by atoms with van der Waals surface area (Å²) in [6, 6.07) is 1.74. The van der Waals surface area contributed by atoms with Crippen molar-refractivity contribution < 1.29 is 4.79 Å². The Balaban J connectivity index is 2.16. The summed E-state index contributed by atoms with van der Waals surface area (Å²) in [4.78, 5) is 18.0. The van der Waals surface area contributed by atoms with Gasteiger partial charge in [-0.15, -0.1) is 11.6 Å². The zero-order valence-electron chi connectivity index (χ0n) is 10.3. The van der Waals surface area contributed by atoms with Gasteiger partial charge in [0.25, 0.3) is 5.91 Å². The number of alkyl halides is 1. The quantitative estimate of drug-likeness (QED) is 0.781. The van der Waals surface area contributed by atoms with Gasteiger partial charge in [-0.25, -0.2) is 0 Å². The molecule has 1 amide bonds. The summed E-state index contributed by atoms with van der Waals surface area (Å²) >= 11 is 12.3. The molecule has 1 aromatic rings. The summed E-state index contributed by atoms with van der Waals surface area (Å²) < 4.78 is 0. The number of carbonyl (C=O) groups excluding carboxylic acids is 1. The van der Waals surface area contributed by atoms with Crippen molar-refractivity contribution in [3.63, 3.8) is 0 Å². The fourth-order valence-electron chi connectivity index (χ4n) is 2.39. The van der Waals surface area contributed by atoms with Crippen molar-refractivity contribution in [2.75, 3.05) is 7.05 Å². The number of rotatable bonds is 2. The second kappa shape index (κ2) is 5.89. The zero-order chi connectivity index (χ0) is 13.1. The third kappa shape index (κ3) is 2.78. The molecule has 1 aliphatic rings. The summed E-state index contributed by atoms with van der Waals surface area (Å²) in [6.45, 7) is 0. The Kier molecular flexibility index (Phi) is 4.46. The number of carbonyl (C=O) groups is 1. The second-order valence-electron chi connectivity index (χ2n) is 4.64. The number of amides is 1. The van der Waals surface area contributed by atoms with Crippen LogP contribution in [0.15, 0.2) is 18.5 Å². The number of nitrogens with zero attached hydrogens (tertiary/aromatic N) is 2. The Morgan fingerprint density at radius 2 is 2.17 bits per heavy atom. The van der Waals surface area contributed by atoms with Gasteiger partial charge in [0.2, 0.25) is 0 Å². The Hall–Kier alpha value is -0.800. The molecule has 1 fully saturated rings. The molecule has 1 saturated carbocycles. The van der Waals surface area contributed by atoms with E-state index >= 15 is 0 Å². The van der Waals surface area contributed by atoms with E-state index < -0.39 is 0 Å². The van der Waals surface area contributed by atoms with Gasteiger partial charge in [-0.2, -0.15) is 0 Å². The molecule has 2 unspecified atom stereocenters. The van der Waals surface area contributed by atoms with E-state index in [1.54, 1.807) is 24.2 Å². The average Bonchev–Trinajstić information content (AvgIpc) is 2.38.